The van der Waals surface area contributed by atoms with Gasteiger partial charge in [-0.3, -0.25) is 4.79 Å². The number of hydrogen-bond acceptors (Lipinski definition) is 4. The maximum absolute atomic E-state index is 11.6. The molecule has 0 aromatic rings. The van der Waals surface area contributed by atoms with Crippen LogP contribution in [0.4, 0.5) is 4.79 Å². The third-order valence-corrected chi connectivity index (χ3v) is 2.20. The van der Waals surface area contributed by atoms with E-state index in [0.29, 0.717) is 13.0 Å². The highest BCUT2D eigenvalue weighted by molar-refractivity contribution is 5.85. The van der Waals surface area contributed by atoms with Gasteiger partial charge >= 0.3 is 6.09 Å². The lowest BCUT2D eigenvalue weighted by Crippen LogP contribution is -2.47. The number of hydrogen-bond donors (Lipinski definition) is 3. The van der Waals surface area contributed by atoms with Gasteiger partial charge in [0.15, 0.2) is 0 Å². The quantitative estimate of drug-likeness (QED) is 0.614. The Kier molecular flexibility index (Phi) is 7.35. The van der Waals surface area contributed by atoms with E-state index in [1.54, 1.807) is 20.8 Å². The molecule has 0 rings (SSSR count). The first-order valence-corrected chi connectivity index (χ1v) is 6.21. The summed E-state index contributed by atoms with van der Waals surface area (Å²) in [6.07, 6.45) is 1.58. The van der Waals surface area contributed by atoms with E-state index in [0.717, 1.165) is 12.8 Å². The maximum atomic E-state index is 11.6. The normalized spacial score (nSPS) is 12.7. The summed E-state index contributed by atoms with van der Waals surface area (Å²) in [5, 5.41) is 5.09. The van der Waals surface area contributed by atoms with Crippen LogP contribution in [0.5, 0.6) is 0 Å². The minimum absolute atomic E-state index is 0.224. The van der Waals surface area contributed by atoms with Crippen molar-refractivity contribution in [3.63, 3.8) is 0 Å². The zero-order valence-corrected chi connectivity index (χ0v) is 11.7. The number of alkyl carbamates (subject to hydrolysis) is 1. The summed E-state index contributed by atoms with van der Waals surface area (Å²) >= 11 is 0. The van der Waals surface area contributed by atoms with Crippen molar-refractivity contribution in [2.24, 2.45) is 5.73 Å². The highest BCUT2D eigenvalue weighted by Gasteiger charge is 2.23. The lowest BCUT2D eigenvalue weighted by molar-refractivity contribution is -0.122. The molecular weight excluding hydrogens is 234 g/mol. The summed E-state index contributed by atoms with van der Waals surface area (Å²) in [4.78, 5) is 23.2. The van der Waals surface area contributed by atoms with E-state index in [2.05, 4.69) is 10.6 Å². The Balaban J connectivity index is 4.31. The number of amides is 2. The van der Waals surface area contributed by atoms with Gasteiger partial charge in [0.25, 0.3) is 0 Å². The van der Waals surface area contributed by atoms with Crippen molar-refractivity contribution in [3.8, 4) is 0 Å². The van der Waals surface area contributed by atoms with Crippen LogP contribution in [0.3, 0.4) is 0 Å². The standard InChI is InChI=1S/C12H25N3O3/c1-12(2,3)18-11(17)15-9(10(16)14-4)7-5-6-8-13/h9H,5-8,13H2,1-4H3,(H,14,16)(H,15,17). The Morgan fingerprint density at radius 3 is 2.33 bits per heavy atom. The van der Waals surface area contributed by atoms with Gasteiger partial charge in [-0.15, -0.1) is 0 Å². The molecule has 18 heavy (non-hydrogen) atoms. The van der Waals surface area contributed by atoms with E-state index in [1.165, 1.54) is 7.05 Å². The van der Waals surface area contributed by atoms with Crippen molar-refractivity contribution in [1.82, 2.24) is 10.6 Å². The topological polar surface area (TPSA) is 93.5 Å². The van der Waals surface area contributed by atoms with Crippen molar-refractivity contribution in [2.75, 3.05) is 13.6 Å². The molecule has 1 unspecified atom stereocenters. The van der Waals surface area contributed by atoms with Gasteiger partial charge in [-0.1, -0.05) is 0 Å². The second-order valence-corrected chi connectivity index (χ2v) is 5.10. The van der Waals surface area contributed by atoms with E-state index in [1.807, 2.05) is 0 Å². The van der Waals surface area contributed by atoms with Gasteiger partial charge in [0.2, 0.25) is 5.91 Å². The fraction of sp³-hybridized carbons (Fsp3) is 0.833. The van der Waals surface area contributed by atoms with Crippen LogP contribution in [-0.2, 0) is 9.53 Å². The number of carbonyl (C=O) groups is 2. The summed E-state index contributed by atoms with van der Waals surface area (Å²) < 4.78 is 5.11. The third-order valence-electron chi connectivity index (χ3n) is 2.20. The summed E-state index contributed by atoms with van der Waals surface area (Å²) in [7, 11) is 1.54. The monoisotopic (exact) mass is 259 g/mol. The van der Waals surface area contributed by atoms with E-state index < -0.39 is 17.7 Å². The second kappa shape index (κ2) is 7.92. The molecule has 2 amide bonds. The van der Waals surface area contributed by atoms with Gasteiger partial charge in [0.1, 0.15) is 11.6 Å². The van der Waals surface area contributed by atoms with Crippen LogP contribution in [0, 0.1) is 0 Å². The fourth-order valence-electron chi connectivity index (χ4n) is 1.39. The van der Waals surface area contributed by atoms with Crippen molar-refractivity contribution < 1.29 is 14.3 Å². The van der Waals surface area contributed by atoms with Crippen LogP contribution in [-0.4, -0.2) is 37.2 Å². The molecule has 106 valence electrons. The average molecular weight is 259 g/mol. The van der Waals surface area contributed by atoms with Gasteiger partial charge in [-0.25, -0.2) is 4.79 Å². The number of nitrogens with one attached hydrogen (secondary N) is 2. The maximum Gasteiger partial charge on any atom is 0.408 e. The molecule has 1 atom stereocenters. The molecule has 0 bridgehead atoms. The Labute approximate surface area is 109 Å². The molecule has 4 N–H and O–H groups in total. The summed E-state index contributed by atoms with van der Waals surface area (Å²) in [5.74, 6) is -0.224. The van der Waals surface area contributed by atoms with Crippen LogP contribution < -0.4 is 16.4 Å². The van der Waals surface area contributed by atoms with Crippen molar-refractivity contribution in [3.05, 3.63) is 0 Å². The fourth-order valence-corrected chi connectivity index (χ4v) is 1.39. The molecule has 0 aromatic carbocycles. The molecular formula is C12H25N3O3. The van der Waals surface area contributed by atoms with E-state index in [9.17, 15) is 9.59 Å². The van der Waals surface area contributed by atoms with Gasteiger partial charge in [0.05, 0.1) is 0 Å². The number of ether oxygens (including phenoxy) is 1. The van der Waals surface area contributed by atoms with E-state index in [4.69, 9.17) is 10.5 Å². The van der Waals surface area contributed by atoms with Crippen molar-refractivity contribution in [2.45, 2.75) is 51.7 Å². The Morgan fingerprint density at radius 1 is 1.28 bits per heavy atom. The first kappa shape index (κ1) is 16.7. The average Bonchev–Trinajstić information content (AvgIpc) is 2.24. The zero-order chi connectivity index (χ0) is 14.2. The van der Waals surface area contributed by atoms with Crippen LogP contribution in [0.25, 0.3) is 0 Å². The highest BCUT2D eigenvalue weighted by atomic mass is 16.6. The molecule has 0 heterocycles. The Morgan fingerprint density at radius 2 is 1.89 bits per heavy atom. The summed E-state index contributed by atoms with van der Waals surface area (Å²) in [6.45, 7) is 5.90. The number of nitrogens with two attached hydrogens (primary N) is 1. The van der Waals surface area contributed by atoms with Crippen LogP contribution in [0.15, 0.2) is 0 Å². The lowest BCUT2D eigenvalue weighted by atomic mass is 10.1. The smallest absolute Gasteiger partial charge is 0.408 e. The Hall–Kier alpha value is -1.30. The molecule has 6 heteroatoms. The number of unbranched alkanes of at least 4 members (excludes halogenated alkanes) is 1. The molecule has 0 saturated heterocycles. The minimum Gasteiger partial charge on any atom is -0.444 e. The second-order valence-electron chi connectivity index (χ2n) is 5.10. The van der Waals surface area contributed by atoms with Crippen LogP contribution in [0.2, 0.25) is 0 Å². The van der Waals surface area contributed by atoms with Gasteiger partial charge in [-0.05, 0) is 46.6 Å². The molecule has 0 radical (unpaired) electrons. The Bertz CT molecular complexity index is 274. The largest absolute Gasteiger partial charge is 0.444 e. The van der Waals surface area contributed by atoms with Crippen molar-refractivity contribution >= 4 is 12.0 Å². The molecule has 0 fully saturated rings. The van der Waals surface area contributed by atoms with Crippen LogP contribution >= 0.6 is 0 Å². The predicted octanol–water partition coefficient (Wildman–Crippen LogP) is 0.755. The molecule has 0 saturated carbocycles. The van der Waals surface area contributed by atoms with Gasteiger partial charge in [-0.2, -0.15) is 0 Å². The predicted molar refractivity (Wildman–Crippen MR) is 70.1 cm³/mol. The highest BCUT2D eigenvalue weighted by Crippen LogP contribution is 2.08. The van der Waals surface area contributed by atoms with Crippen LogP contribution in [0.1, 0.15) is 40.0 Å². The SMILES string of the molecule is CNC(=O)C(CCCCN)NC(=O)OC(C)(C)C. The number of likely N-dealkylation sites (N-methyl/N-ethyl adjacent to an activating group) is 1. The zero-order valence-electron chi connectivity index (χ0n) is 11.7. The van der Waals surface area contributed by atoms with Gasteiger partial charge < -0.3 is 21.1 Å². The number of carbonyl (C=O) groups excluding carboxylic acids is 2. The minimum atomic E-state index is -0.580. The van der Waals surface area contributed by atoms with Gasteiger partial charge in [0, 0.05) is 7.05 Å². The van der Waals surface area contributed by atoms with Crippen molar-refractivity contribution in [1.29, 1.82) is 0 Å². The number of rotatable bonds is 6. The van der Waals surface area contributed by atoms with E-state index in [-0.39, 0.29) is 5.91 Å². The molecule has 6 nitrogen and oxygen atoms in total. The molecule has 0 aliphatic carbocycles. The molecule has 0 aliphatic rings. The molecule has 0 aromatic heterocycles. The summed E-state index contributed by atoms with van der Waals surface area (Å²) in [6, 6.07) is -0.573. The van der Waals surface area contributed by atoms with E-state index >= 15 is 0 Å². The first-order valence-electron chi connectivity index (χ1n) is 6.21. The third kappa shape index (κ3) is 7.89. The molecule has 0 aliphatic heterocycles. The molecule has 0 spiro atoms. The first-order chi connectivity index (χ1) is 8.30. The summed E-state index contributed by atoms with van der Waals surface area (Å²) in [5.41, 5.74) is 4.82. The lowest BCUT2D eigenvalue weighted by Gasteiger charge is -2.23.